The van der Waals surface area contributed by atoms with Gasteiger partial charge in [-0.1, -0.05) is 6.92 Å². The van der Waals surface area contributed by atoms with Gasteiger partial charge in [-0.3, -0.25) is 4.79 Å². The van der Waals surface area contributed by atoms with Crippen LogP contribution >= 0.6 is 22.9 Å². The molecule has 19 heavy (non-hydrogen) atoms. The van der Waals surface area contributed by atoms with E-state index in [2.05, 4.69) is 5.32 Å². The van der Waals surface area contributed by atoms with Crippen molar-refractivity contribution in [2.45, 2.75) is 39.5 Å². The summed E-state index contributed by atoms with van der Waals surface area (Å²) in [5.74, 6) is -0.725. The zero-order valence-corrected chi connectivity index (χ0v) is 13.1. The maximum atomic E-state index is 12.0. The van der Waals surface area contributed by atoms with Gasteiger partial charge in [0.05, 0.1) is 12.2 Å². The molecule has 0 bridgehead atoms. The fourth-order valence-corrected chi connectivity index (χ4v) is 2.91. The Morgan fingerprint density at radius 1 is 1.42 bits per heavy atom. The fraction of sp³-hybridized carbons (Fsp3) is 0.538. The predicted octanol–water partition coefficient (Wildman–Crippen LogP) is 3.36. The Bertz CT molecular complexity index is 482. The number of amides is 1. The number of halogens is 1. The third kappa shape index (κ3) is 3.70. The van der Waals surface area contributed by atoms with Gasteiger partial charge in [-0.05, 0) is 32.8 Å². The zero-order chi connectivity index (χ0) is 14.6. The van der Waals surface area contributed by atoms with E-state index in [0.29, 0.717) is 23.6 Å². The lowest BCUT2D eigenvalue weighted by Gasteiger charge is -2.08. The van der Waals surface area contributed by atoms with Crippen molar-refractivity contribution in [3.8, 4) is 0 Å². The van der Waals surface area contributed by atoms with Gasteiger partial charge in [0.1, 0.15) is 10.4 Å². The highest BCUT2D eigenvalue weighted by atomic mass is 35.5. The average Bonchev–Trinajstić information content (AvgIpc) is 2.65. The molecule has 0 spiro atoms. The van der Waals surface area contributed by atoms with E-state index >= 15 is 0 Å². The molecule has 1 aromatic rings. The average molecular weight is 304 g/mol. The molecule has 0 aliphatic rings. The van der Waals surface area contributed by atoms with Crippen molar-refractivity contribution in [2.75, 3.05) is 11.9 Å². The van der Waals surface area contributed by atoms with Crippen molar-refractivity contribution in [1.82, 2.24) is 0 Å². The van der Waals surface area contributed by atoms with Gasteiger partial charge in [0.25, 0.3) is 0 Å². The van der Waals surface area contributed by atoms with Crippen LogP contribution in [0.15, 0.2) is 0 Å². The van der Waals surface area contributed by atoms with Crippen LogP contribution in [-0.2, 0) is 16.0 Å². The standard InChI is InChI=1S/C13H18ClNO3S/c1-5-9-8(4)19-12(15-11(16)7(3)14)10(9)13(17)18-6-2/h7H,5-6H2,1-4H3,(H,15,16). The Kier molecular flexibility index (Phi) is 5.82. The van der Waals surface area contributed by atoms with Crippen molar-refractivity contribution in [1.29, 1.82) is 0 Å². The SMILES string of the molecule is CCOC(=O)c1c(NC(=O)C(C)Cl)sc(C)c1CC. The number of nitrogens with one attached hydrogen (secondary N) is 1. The minimum Gasteiger partial charge on any atom is -0.462 e. The highest BCUT2D eigenvalue weighted by molar-refractivity contribution is 7.16. The van der Waals surface area contributed by atoms with Gasteiger partial charge >= 0.3 is 5.97 Å². The third-order valence-electron chi connectivity index (χ3n) is 2.64. The van der Waals surface area contributed by atoms with Crippen molar-refractivity contribution < 1.29 is 14.3 Å². The lowest BCUT2D eigenvalue weighted by molar-refractivity contribution is -0.115. The summed E-state index contributed by atoms with van der Waals surface area (Å²) in [6, 6.07) is 0. The minimum atomic E-state index is -0.650. The lowest BCUT2D eigenvalue weighted by Crippen LogP contribution is -2.21. The number of hydrogen-bond donors (Lipinski definition) is 1. The summed E-state index contributed by atoms with van der Waals surface area (Å²) in [5, 5.41) is 2.56. The monoisotopic (exact) mass is 303 g/mol. The Labute approximate surface area is 122 Å². The smallest absolute Gasteiger partial charge is 0.341 e. The van der Waals surface area contributed by atoms with E-state index < -0.39 is 11.3 Å². The van der Waals surface area contributed by atoms with Crippen LogP contribution in [0.1, 0.15) is 41.6 Å². The van der Waals surface area contributed by atoms with Crippen LogP contribution < -0.4 is 5.32 Å². The van der Waals surface area contributed by atoms with Crippen molar-refractivity contribution in [2.24, 2.45) is 0 Å². The van der Waals surface area contributed by atoms with E-state index in [0.717, 1.165) is 10.4 Å². The topological polar surface area (TPSA) is 55.4 Å². The Morgan fingerprint density at radius 2 is 2.05 bits per heavy atom. The quantitative estimate of drug-likeness (QED) is 0.670. The number of thiophene rings is 1. The first kappa shape index (κ1) is 16.0. The number of esters is 1. The van der Waals surface area contributed by atoms with E-state index in [9.17, 15) is 9.59 Å². The van der Waals surface area contributed by atoms with Crippen LogP contribution in [0.5, 0.6) is 0 Å². The summed E-state index contributed by atoms with van der Waals surface area (Å²) in [6.45, 7) is 7.53. The predicted molar refractivity (Wildman–Crippen MR) is 78.3 cm³/mol. The second-order valence-electron chi connectivity index (χ2n) is 4.02. The molecule has 1 heterocycles. The number of carbonyl (C=O) groups excluding carboxylic acids is 2. The van der Waals surface area contributed by atoms with Crippen LogP contribution in [0, 0.1) is 6.92 Å². The van der Waals surface area contributed by atoms with Gasteiger partial charge in [0, 0.05) is 4.88 Å². The van der Waals surface area contributed by atoms with Crippen LogP contribution in [0.3, 0.4) is 0 Å². The molecule has 0 saturated heterocycles. The summed E-state index contributed by atoms with van der Waals surface area (Å²) in [7, 11) is 0. The Hall–Kier alpha value is -1.07. The highest BCUT2D eigenvalue weighted by Gasteiger charge is 2.24. The van der Waals surface area contributed by atoms with Crippen LogP contribution in [0.2, 0.25) is 0 Å². The highest BCUT2D eigenvalue weighted by Crippen LogP contribution is 2.34. The summed E-state index contributed by atoms with van der Waals surface area (Å²) >= 11 is 7.10. The molecule has 106 valence electrons. The molecule has 0 aliphatic carbocycles. The first-order valence-electron chi connectivity index (χ1n) is 6.16. The maximum Gasteiger partial charge on any atom is 0.341 e. The van der Waals surface area contributed by atoms with Gasteiger partial charge in [-0.15, -0.1) is 22.9 Å². The first-order chi connectivity index (χ1) is 8.92. The van der Waals surface area contributed by atoms with Gasteiger partial charge < -0.3 is 10.1 Å². The van der Waals surface area contributed by atoms with E-state index in [1.807, 2.05) is 13.8 Å². The Morgan fingerprint density at radius 3 is 2.53 bits per heavy atom. The zero-order valence-electron chi connectivity index (χ0n) is 11.5. The molecule has 1 aromatic heterocycles. The summed E-state index contributed by atoms with van der Waals surface area (Å²) in [5.41, 5.74) is 1.37. The second kappa shape index (κ2) is 6.91. The number of alkyl halides is 1. The molecule has 6 heteroatoms. The molecule has 1 unspecified atom stereocenters. The molecule has 0 fully saturated rings. The van der Waals surface area contributed by atoms with Crippen molar-refractivity contribution in [3.05, 3.63) is 16.0 Å². The molecule has 1 rings (SSSR count). The number of carbonyl (C=O) groups is 2. The van der Waals surface area contributed by atoms with Crippen LogP contribution in [-0.4, -0.2) is 23.9 Å². The number of aryl methyl sites for hydroxylation is 1. The van der Waals surface area contributed by atoms with Crippen molar-refractivity contribution in [3.63, 3.8) is 0 Å². The van der Waals surface area contributed by atoms with E-state index in [1.54, 1.807) is 13.8 Å². The molecule has 0 radical (unpaired) electrons. The van der Waals surface area contributed by atoms with Crippen LogP contribution in [0.25, 0.3) is 0 Å². The third-order valence-corrected chi connectivity index (χ3v) is 3.90. The maximum absolute atomic E-state index is 12.0. The molecular weight excluding hydrogens is 286 g/mol. The lowest BCUT2D eigenvalue weighted by atomic mass is 10.1. The minimum absolute atomic E-state index is 0.302. The number of rotatable bonds is 5. The van der Waals surface area contributed by atoms with Gasteiger partial charge in [-0.2, -0.15) is 0 Å². The second-order valence-corrected chi connectivity index (χ2v) is 5.90. The first-order valence-corrected chi connectivity index (χ1v) is 7.41. The molecular formula is C13H18ClNO3S. The molecule has 0 saturated carbocycles. The van der Waals surface area contributed by atoms with Crippen LogP contribution in [0.4, 0.5) is 5.00 Å². The summed E-state index contributed by atoms with van der Waals surface area (Å²) in [4.78, 5) is 24.7. The summed E-state index contributed by atoms with van der Waals surface area (Å²) in [6.07, 6.45) is 0.711. The van der Waals surface area contributed by atoms with Gasteiger partial charge in [0.2, 0.25) is 5.91 Å². The van der Waals surface area contributed by atoms with Gasteiger partial charge in [0.15, 0.2) is 0 Å². The molecule has 0 aromatic carbocycles. The number of hydrogen-bond acceptors (Lipinski definition) is 4. The molecule has 0 aliphatic heterocycles. The largest absolute Gasteiger partial charge is 0.462 e. The molecule has 1 amide bonds. The normalized spacial score (nSPS) is 12.1. The number of anilines is 1. The molecule has 1 atom stereocenters. The summed E-state index contributed by atoms with van der Waals surface area (Å²) < 4.78 is 5.05. The van der Waals surface area contributed by atoms with E-state index in [1.165, 1.54) is 11.3 Å². The molecule has 1 N–H and O–H groups in total. The van der Waals surface area contributed by atoms with Crippen molar-refractivity contribution >= 4 is 39.8 Å². The fourth-order valence-electron chi connectivity index (χ4n) is 1.72. The number of ether oxygens (including phenoxy) is 1. The Balaban J connectivity index is 3.16. The van der Waals surface area contributed by atoms with Gasteiger partial charge in [-0.25, -0.2) is 4.79 Å². The van der Waals surface area contributed by atoms with E-state index in [-0.39, 0.29) is 5.91 Å². The van der Waals surface area contributed by atoms with E-state index in [4.69, 9.17) is 16.3 Å². The molecule has 4 nitrogen and oxygen atoms in total.